The van der Waals surface area contributed by atoms with E-state index in [-0.39, 0.29) is 12.1 Å². The fraction of sp³-hybridized carbons (Fsp3) is 0.375. The molecule has 33 heavy (non-hydrogen) atoms. The third-order valence-electron chi connectivity index (χ3n) is 5.79. The highest BCUT2D eigenvalue weighted by atomic mass is 16.6. The van der Waals surface area contributed by atoms with Crippen molar-refractivity contribution in [1.29, 1.82) is 5.26 Å². The van der Waals surface area contributed by atoms with Crippen LogP contribution in [0.3, 0.4) is 0 Å². The number of hydrogen-bond acceptors (Lipinski definition) is 6. The Morgan fingerprint density at radius 3 is 2.91 bits per heavy atom. The average Bonchev–Trinajstić information content (AvgIpc) is 3.41. The third-order valence-corrected chi connectivity index (χ3v) is 5.79. The van der Waals surface area contributed by atoms with Crippen LogP contribution in [0.1, 0.15) is 45.2 Å². The van der Waals surface area contributed by atoms with Gasteiger partial charge in [0.2, 0.25) is 0 Å². The number of nitrogens with zero attached hydrogens (tertiary/aromatic N) is 7. The molecule has 5 heterocycles. The number of carbonyl (C=O) groups excluding carboxylic acids is 1. The van der Waals surface area contributed by atoms with Gasteiger partial charge in [-0.05, 0) is 57.9 Å². The van der Waals surface area contributed by atoms with Crippen molar-refractivity contribution in [1.82, 2.24) is 29.0 Å². The number of amides is 1. The maximum atomic E-state index is 12.6. The number of fused-ring (bicyclic) bond motifs is 2. The van der Waals surface area contributed by atoms with Gasteiger partial charge in [0, 0.05) is 24.8 Å². The van der Waals surface area contributed by atoms with Crippen LogP contribution in [0.15, 0.2) is 43.0 Å². The van der Waals surface area contributed by atoms with Crippen molar-refractivity contribution in [2.24, 2.45) is 0 Å². The first-order chi connectivity index (χ1) is 15.8. The summed E-state index contributed by atoms with van der Waals surface area (Å²) in [7, 11) is 0. The lowest BCUT2D eigenvalue weighted by Crippen LogP contribution is -2.43. The summed E-state index contributed by atoms with van der Waals surface area (Å²) >= 11 is 0. The summed E-state index contributed by atoms with van der Waals surface area (Å²) in [6.45, 7) is 6.86. The minimum Gasteiger partial charge on any atom is -0.444 e. The van der Waals surface area contributed by atoms with Crippen molar-refractivity contribution in [2.75, 3.05) is 13.1 Å². The van der Waals surface area contributed by atoms with Crippen molar-refractivity contribution in [2.45, 2.75) is 45.3 Å². The van der Waals surface area contributed by atoms with Crippen LogP contribution in [0.2, 0.25) is 0 Å². The quantitative estimate of drug-likeness (QED) is 0.460. The monoisotopic (exact) mass is 443 g/mol. The first kappa shape index (κ1) is 20.9. The third kappa shape index (κ3) is 4.00. The Balaban J connectivity index is 1.48. The Hall–Kier alpha value is -3.93. The van der Waals surface area contributed by atoms with E-state index in [2.05, 4.69) is 20.7 Å². The molecule has 9 heteroatoms. The van der Waals surface area contributed by atoms with Gasteiger partial charge in [-0.25, -0.2) is 19.3 Å². The second kappa shape index (κ2) is 7.89. The summed E-state index contributed by atoms with van der Waals surface area (Å²) in [4.78, 5) is 23.8. The first-order valence-corrected chi connectivity index (χ1v) is 11.0. The van der Waals surface area contributed by atoms with Crippen LogP contribution in [0.25, 0.3) is 27.9 Å². The predicted octanol–water partition coefficient (Wildman–Crippen LogP) is 4.19. The summed E-state index contributed by atoms with van der Waals surface area (Å²) in [6.07, 6.45) is 6.86. The van der Waals surface area contributed by atoms with E-state index < -0.39 is 5.60 Å². The Bertz CT molecular complexity index is 1390. The number of aromatic nitrogens is 5. The van der Waals surface area contributed by atoms with E-state index >= 15 is 0 Å². The second-order valence-corrected chi connectivity index (χ2v) is 9.33. The van der Waals surface area contributed by atoms with Crippen LogP contribution >= 0.6 is 0 Å². The molecule has 1 aliphatic heterocycles. The molecular formula is C24H25N7O2. The minimum absolute atomic E-state index is 0.0631. The fourth-order valence-corrected chi connectivity index (χ4v) is 4.25. The highest BCUT2D eigenvalue weighted by Crippen LogP contribution is 2.29. The predicted molar refractivity (Wildman–Crippen MR) is 123 cm³/mol. The molecule has 0 N–H and O–H groups in total. The maximum Gasteiger partial charge on any atom is 0.410 e. The molecule has 0 aliphatic carbocycles. The Labute approximate surface area is 191 Å². The molecular weight excluding hydrogens is 418 g/mol. The molecule has 4 aromatic rings. The normalized spacial score (nSPS) is 16.8. The van der Waals surface area contributed by atoms with Gasteiger partial charge in [0.05, 0.1) is 41.4 Å². The molecule has 0 bridgehead atoms. The zero-order valence-electron chi connectivity index (χ0n) is 18.9. The Morgan fingerprint density at radius 1 is 1.27 bits per heavy atom. The molecule has 0 saturated carbocycles. The molecule has 1 amide bonds. The van der Waals surface area contributed by atoms with E-state index in [1.807, 2.05) is 39.0 Å². The van der Waals surface area contributed by atoms with Crippen LogP contribution < -0.4 is 0 Å². The SMILES string of the molecule is CC(C)(C)OC(=O)N1CCCC(n2cnc3ccc(-c4cnn5ccc(C#N)cc45)nc32)C1. The topological polar surface area (TPSA) is 101 Å². The van der Waals surface area contributed by atoms with Crippen LogP contribution in [-0.2, 0) is 4.74 Å². The molecule has 9 nitrogen and oxygen atoms in total. The lowest BCUT2D eigenvalue weighted by atomic mass is 10.1. The molecule has 1 aliphatic rings. The molecule has 0 radical (unpaired) electrons. The van der Waals surface area contributed by atoms with Crippen molar-refractivity contribution in [3.8, 4) is 17.3 Å². The largest absolute Gasteiger partial charge is 0.444 e. The highest BCUT2D eigenvalue weighted by Gasteiger charge is 2.29. The zero-order chi connectivity index (χ0) is 23.2. The van der Waals surface area contributed by atoms with Gasteiger partial charge in [-0.15, -0.1) is 0 Å². The van der Waals surface area contributed by atoms with Crippen LogP contribution in [0.4, 0.5) is 4.79 Å². The Kier molecular flexibility index (Phi) is 5.01. The second-order valence-electron chi connectivity index (χ2n) is 9.33. The van der Waals surface area contributed by atoms with Gasteiger partial charge in [0.25, 0.3) is 0 Å². The number of ether oxygens (including phenoxy) is 1. The van der Waals surface area contributed by atoms with E-state index in [9.17, 15) is 10.1 Å². The smallest absolute Gasteiger partial charge is 0.410 e. The number of likely N-dealkylation sites (tertiary alicyclic amines) is 1. The van der Waals surface area contributed by atoms with Gasteiger partial charge in [-0.1, -0.05) is 0 Å². The summed E-state index contributed by atoms with van der Waals surface area (Å²) in [6, 6.07) is 9.64. The number of hydrogen-bond donors (Lipinski definition) is 0. The fourth-order valence-electron chi connectivity index (χ4n) is 4.25. The van der Waals surface area contributed by atoms with E-state index in [1.165, 1.54) is 0 Å². The van der Waals surface area contributed by atoms with Gasteiger partial charge in [-0.2, -0.15) is 10.4 Å². The number of rotatable bonds is 2. The average molecular weight is 444 g/mol. The van der Waals surface area contributed by atoms with Crippen molar-refractivity contribution >= 4 is 22.8 Å². The van der Waals surface area contributed by atoms with Crippen molar-refractivity contribution in [3.05, 3.63) is 48.5 Å². The van der Waals surface area contributed by atoms with Crippen molar-refractivity contribution in [3.63, 3.8) is 0 Å². The molecule has 4 aromatic heterocycles. The molecule has 168 valence electrons. The molecule has 1 fully saturated rings. The van der Waals surface area contributed by atoms with E-state index in [1.54, 1.807) is 34.2 Å². The highest BCUT2D eigenvalue weighted by molar-refractivity contribution is 5.82. The molecule has 1 saturated heterocycles. The molecule has 1 unspecified atom stereocenters. The Morgan fingerprint density at radius 2 is 2.12 bits per heavy atom. The molecule has 1 atom stereocenters. The standard InChI is InChI=1S/C24H25N7O2/c1-24(2,3)33-23(32)29-9-4-5-17(14-29)30-15-26-20-7-6-19(28-22(20)30)18-13-27-31-10-8-16(12-25)11-21(18)31/h6-8,10-11,13,15,17H,4-5,9,14H2,1-3H3. The van der Waals surface area contributed by atoms with Gasteiger partial charge in [0.15, 0.2) is 5.65 Å². The molecule has 0 aromatic carbocycles. The van der Waals surface area contributed by atoms with Gasteiger partial charge < -0.3 is 14.2 Å². The van der Waals surface area contributed by atoms with Gasteiger partial charge in [-0.3, -0.25) is 0 Å². The van der Waals surface area contributed by atoms with E-state index in [4.69, 9.17) is 9.72 Å². The summed E-state index contributed by atoms with van der Waals surface area (Å²) < 4.78 is 9.37. The number of nitriles is 1. The lowest BCUT2D eigenvalue weighted by molar-refractivity contribution is 0.0174. The number of piperidine rings is 1. The lowest BCUT2D eigenvalue weighted by Gasteiger charge is -2.34. The maximum absolute atomic E-state index is 12.6. The number of pyridine rings is 2. The van der Waals surface area contributed by atoms with Crippen LogP contribution in [0, 0.1) is 11.3 Å². The summed E-state index contributed by atoms with van der Waals surface area (Å²) in [5.41, 5.74) is 4.03. The number of imidazole rings is 1. The van der Waals surface area contributed by atoms with Crippen LogP contribution in [0.5, 0.6) is 0 Å². The van der Waals surface area contributed by atoms with Gasteiger partial charge in [0.1, 0.15) is 11.1 Å². The minimum atomic E-state index is -0.526. The van der Waals surface area contributed by atoms with E-state index in [0.717, 1.165) is 40.8 Å². The summed E-state index contributed by atoms with van der Waals surface area (Å²) in [5.74, 6) is 0. The molecule has 0 spiro atoms. The van der Waals surface area contributed by atoms with Crippen LogP contribution in [-0.4, -0.2) is 53.8 Å². The van der Waals surface area contributed by atoms with E-state index in [0.29, 0.717) is 18.7 Å². The molecule has 5 rings (SSSR count). The first-order valence-electron chi connectivity index (χ1n) is 11.0. The van der Waals surface area contributed by atoms with Gasteiger partial charge >= 0.3 is 6.09 Å². The van der Waals surface area contributed by atoms with Crippen molar-refractivity contribution < 1.29 is 9.53 Å². The summed E-state index contributed by atoms with van der Waals surface area (Å²) in [5, 5.41) is 13.7. The zero-order valence-corrected chi connectivity index (χ0v) is 18.9. The number of carbonyl (C=O) groups is 1.